The highest BCUT2D eigenvalue weighted by Gasteiger charge is 2.24. The minimum absolute atomic E-state index is 0.128. The lowest BCUT2D eigenvalue weighted by atomic mass is 9.91. The molecule has 0 aromatic heterocycles. The zero-order valence-electron chi connectivity index (χ0n) is 12.9. The van der Waals surface area contributed by atoms with Gasteiger partial charge in [-0.3, -0.25) is 4.79 Å². The van der Waals surface area contributed by atoms with E-state index in [9.17, 15) is 4.79 Å². The lowest BCUT2D eigenvalue weighted by molar-refractivity contribution is 0.0918. The molecule has 1 aromatic rings. The van der Waals surface area contributed by atoms with Crippen LogP contribution in [-0.4, -0.2) is 39.3 Å². The van der Waals surface area contributed by atoms with E-state index in [1.54, 1.807) is 26.4 Å². The Kier molecular flexibility index (Phi) is 5.44. The molecule has 0 aliphatic heterocycles. The molecule has 116 valence electrons. The summed E-state index contributed by atoms with van der Waals surface area (Å²) in [4.78, 5) is 12.5. The van der Waals surface area contributed by atoms with Crippen molar-refractivity contribution < 1.29 is 14.3 Å². The van der Waals surface area contributed by atoms with Crippen LogP contribution in [0.2, 0.25) is 0 Å². The van der Waals surface area contributed by atoms with Gasteiger partial charge in [-0.2, -0.15) is 0 Å². The van der Waals surface area contributed by atoms with E-state index in [0.717, 1.165) is 25.7 Å². The fourth-order valence-corrected chi connectivity index (χ4v) is 2.86. The summed E-state index contributed by atoms with van der Waals surface area (Å²) in [6.45, 7) is 0. The first-order chi connectivity index (χ1) is 10.2. The number of nitrogens with one attached hydrogen (secondary N) is 2. The van der Waals surface area contributed by atoms with Gasteiger partial charge in [-0.1, -0.05) is 6.07 Å². The molecule has 1 aliphatic carbocycles. The molecule has 1 saturated carbocycles. The van der Waals surface area contributed by atoms with Crippen molar-refractivity contribution in [1.82, 2.24) is 10.6 Å². The summed E-state index contributed by atoms with van der Waals surface area (Å²) in [5, 5.41) is 6.40. The molecule has 2 rings (SSSR count). The van der Waals surface area contributed by atoms with Gasteiger partial charge >= 0.3 is 0 Å². The first kappa shape index (κ1) is 15.6. The van der Waals surface area contributed by atoms with Gasteiger partial charge in [0.05, 0.1) is 14.2 Å². The average molecular weight is 292 g/mol. The predicted octanol–water partition coefficient (Wildman–Crippen LogP) is 1.96. The number of amides is 1. The van der Waals surface area contributed by atoms with Crippen LogP contribution in [0.5, 0.6) is 11.5 Å². The summed E-state index contributed by atoms with van der Waals surface area (Å²) in [5.74, 6) is 0.948. The number of rotatable bonds is 5. The molecule has 0 atom stereocenters. The molecule has 0 saturated heterocycles. The minimum atomic E-state index is -0.128. The van der Waals surface area contributed by atoms with E-state index in [2.05, 4.69) is 10.6 Å². The van der Waals surface area contributed by atoms with Crippen LogP contribution in [0.25, 0.3) is 0 Å². The number of ether oxygens (including phenoxy) is 2. The van der Waals surface area contributed by atoms with Gasteiger partial charge in [0.25, 0.3) is 5.91 Å². The number of benzene rings is 1. The lowest BCUT2D eigenvalue weighted by Gasteiger charge is -2.29. The largest absolute Gasteiger partial charge is 0.496 e. The number of hydrogen-bond acceptors (Lipinski definition) is 4. The molecule has 21 heavy (non-hydrogen) atoms. The summed E-state index contributed by atoms with van der Waals surface area (Å²) < 4.78 is 10.6. The van der Waals surface area contributed by atoms with E-state index < -0.39 is 0 Å². The van der Waals surface area contributed by atoms with Crippen molar-refractivity contribution in [3.05, 3.63) is 23.8 Å². The van der Waals surface area contributed by atoms with Gasteiger partial charge in [-0.05, 0) is 44.9 Å². The molecule has 5 nitrogen and oxygen atoms in total. The molecule has 0 spiro atoms. The van der Waals surface area contributed by atoms with Crippen molar-refractivity contribution in [3.63, 3.8) is 0 Å². The number of carbonyl (C=O) groups is 1. The van der Waals surface area contributed by atoms with Crippen molar-refractivity contribution in [2.75, 3.05) is 21.3 Å². The van der Waals surface area contributed by atoms with Crippen molar-refractivity contribution >= 4 is 5.91 Å². The standard InChI is InChI=1S/C16H24N2O3/c1-17-11-7-9-12(10-8-11)18-16(19)15-13(20-2)5-4-6-14(15)21-3/h4-6,11-12,17H,7-10H2,1-3H3,(H,18,19). The smallest absolute Gasteiger partial charge is 0.259 e. The topological polar surface area (TPSA) is 59.6 Å². The molecule has 1 aliphatic rings. The van der Waals surface area contributed by atoms with Crippen LogP contribution in [0, 0.1) is 0 Å². The first-order valence-corrected chi connectivity index (χ1v) is 7.38. The van der Waals surface area contributed by atoms with Crippen LogP contribution in [0.3, 0.4) is 0 Å². The molecule has 0 radical (unpaired) electrons. The Balaban J connectivity index is 2.07. The van der Waals surface area contributed by atoms with Gasteiger partial charge in [0.1, 0.15) is 17.1 Å². The van der Waals surface area contributed by atoms with E-state index in [1.807, 2.05) is 13.1 Å². The third kappa shape index (κ3) is 3.67. The molecule has 0 unspecified atom stereocenters. The highest BCUT2D eigenvalue weighted by atomic mass is 16.5. The number of methoxy groups -OCH3 is 2. The Labute approximate surface area is 126 Å². The predicted molar refractivity (Wildman–Crippen MR) is 82.1 cm³/mol. The summed E-state index contributed by atoms with van der Waals surface area (Å²) in [7, 11) is 5.11. The second-order valence-electron chi connectivity index (χ2n) is 5.35. The van der Waals surface area contributed by atoms with E-state index in [1.165, 1.54) is 0 Å². The molecular weight excluding hydrogens is 268 g/mol. The normalized spacial score (nSPS) is 21.7. The highest BCUT2D eigenvalue weighted by molar-refractivity contribution is 5.99. The fraction of sp³-hybridized carbons (Fsp3) is 0.562. The quantitative estimate of drug-likeness (QED) is 0.871. The minimum Gasteiger partial charge on any atom is -0.496 e. The van der Waals surface area contributed by atoms with Crippen molar-refractivity contribution in [1.29, 1.82) is 0 Å². The summed E-state index contributed by atoms with van der Waals surface area (Å²) >= 11 is 0. The van der Waals surface area contributed by atoms with E-state index in [4.69, 9.17) is 9.47 Å². The Morgan fingerprint density at radius 3 is 2.05 bits per heavy atom. The maximum atomic E-state index is 12.5. The van der Waals surface area contributed by atoms with Gasteiger partial charge in [0.15, 0.2) is 0 Å². The van der Waals surface area contributed by atoms with Gasteiger partial charge < -0.3 is 20.1 Å². The van der Waals surface area contributed by atoms with Crippen LogP contribution in [-0.2, 0) is 0 Å². The second-order valence-corrected chi connectivity index (χ2v) is 5.35. The second kappa shape index (κ2) is 7.31. The Hall–Kier alpha value is -1.75. The van der Waals surface area contributed by atoms with Gasteiger partial charge in [0, 0.05) is 12.1 Å². The van der Waals surface area contributed by atoms with E-state index in [0.29, 0.717) is 23.1 Å². The maximum Gasteiger partial charge on any atom is 0.259 e. The van der Waals surface area contributed by atoms with E-state index in [-0.39, 0.29) is 11.9 Å². The maximum absolute atomic E-state index is 12.5. The third-order valence-electron chi connectivity index (χ3n) is 4.13. The first-order valence-electron chi connectivity index (χ1n) is 7.38. The average Bonchev–Trinajstić information content (AvgIpc) is 2.54. The highest BCUT2D eigenvalue weighted by Crippen LogP contribution is 2.28. The van der Waals surface area contributed by atoms with Crippen LogP contribution in [0.1, 0.15) is 36.0 Å². The van der Waals surface area contributed by atoms with Crippen molar-refractivity contribution in [3.8, 4) is 11.5 Å². The van der Waals surface area contributed by atoms with Crippen molar-refractivity contribution in [2.45, 2.75) is 37.8 Å². The zero-order valence-corrected chi connectivity index (χ0v) is 12.9. The Bertz CT molecular complexity index is 460. The molecule has 1 amide bonds. The van der Waals surface area contributed by atoms with Crippen LogP contribution in [0.15, 0.2) is 18.2 Å². The summed E-state index contributed by atoms with van der Waals surface area (Å²) in [6.07, 6.45) is 4.17. The SMILES string of the molecule is CNC1CCC(NC(=O)c2c(OC)cccc2OC)CC1. The summed E-state index contributed by atoms with van der Waals surface area (Å²) in [5.41, 5.74) is 0.471. The molecule has 1 aromatic carbocycles. The Morgan fingerprint density at radius 1 is 1.05 bits per heavy atom. The number of hydrogen-bond donors (Lipinski definition) is 2. The Morgan fingerprint density at radius 2 is 1.57 bits per heavy atom. The summed E-state index contributed by atoms with van der Waals surface area (Å²) in [6, 6.07) is 6.15. The lowest BCUT2D eigenvalue weighted by Crippen LogP contribution is -2.41. The van der Waals surface area contributed by atoms with Gasteiger partial charge in [-0.25, -0.2) is 0 Å². The van der Waals surface area contributed by atoms with Crippen LogP contribution >= 0.6 is 0 Å². The number of carbonyl (C=O) groups excluding carboxylic acids is 1. The van der Waals surface area contributed by atoms with Crippen LogP contribution in [0.4, 0.5) is 0 Å². The van der Waals surface area contributed by atoms with Crippen LogP contribution < -0.4 is 20.1 Å². The van der Waals surface area contributed by atoms with Gasteiger partial charge in [0.2, 0.25) is 0 Å². The molecule has 0 bridgehead atoms. The molecule has 1 fully saturated rings. The zero-order chi connectivity index (χ0) is 15.2. The fourth-order valence-electron chi connectivity index (χ4n) is 2.86. The van der Waals surface area contributed by atoms with Gasteiger partial charge in [-0.15, -0.1) is 0 Å². The van der Waals surface area contributed by atoms with E-state index >= 15 is 0 Å². The molecule has 2 N–H and O–H groups in total. The van der Waals surface area contributed by atoms with Crippen molar-refractivity contribution in [2.24, 2.45) is 0 Å². The molecule has 0 heterocycles. The molecule has 5 heteroatoms. The molecular formula is C16H24N2O3. The third-order valence-corrected chi connectivity index (χ3v) is 4.13. The monoisotopic (exact) mass is 292 g/mol.